The van der Waals surface area contributed by atoms with E-state index in [1.54, 1.807) is 38.2 Å². The zero-order valence-corrected chi connectivity index (χ0v) is 19.4. The third-order valence-corrected chi connectivity index (χ3v) is 5.35. The average Bonchev–Trinajstić information content (AvgIpc) is 2.76. The van der Waals surface area contributed by atoms with E-state index in [4.69, 9.17) is 10.7 Å². The highest BCUT2D eigenvalue weighted by Crippen LogP contribution is 2.22. The number of aromatic nitrogens is 2. The second kappa shape index (κ2) is 10.1. The second-order valence-electron chi connectivity index (χ2n) is 9.21. The average molecular weight is 436 g/mol. The number of hydrogen-bond donors (Lipinski definition) is 3. The van der Waals surface area contributed by atoms with Gasteiger partial charge in [0, 0.05) is 31.9 Å². The lowest BCUT2D eigenvalue weighted by atomic mass is 10.0. The highest BCUT2D eigenvalue weighted by molar-refractivity contribution is 6.11. The number of carbonyl (C=O) groups is 1. The molecule has 0 aromatic carbocycles. The van der Waals surface area contributed by atoms with Crippen molar-refractivity contribution in [2.24, 2.45) is 5.92 Å². The largest absolute Gasteiger partial charge is 0.383 e. The lowest BCUT2D eigenvalue weighted by molar-refractivity contribution is 0.103. The number of piperazine rings is 1. The number of hydrogen-bond acceptors (Lipinski definition) is 7. The molecule has 0 amide bonds. The van der Waals surface area contributed by atoms with Crippen LogP contribution in [0, 0.1) is 17.8 Å². The molecule has 4 N–H and O–H groups in total. The highest BCUT2D eigenvalue weighted by Gasteiger charge is 2.24. The summed E-state index contributed by atoms with van der Waals surface area (Å²) in [6.45, 7) is 10.2. The van der Waals surface area contributed by atoms with Crippen LogP contribution in [0.1, 0.15) is 62.2 Å². The van der Waals surface area contributed by atoms with Crippen LogP contribution in [0.25, 0.3) is 0 Å². The predicted molar refractivity (Wildman–Crippen MR) is 128 cm³/mol. The van der Waals surface area contributed by atoms with E-state index in [0.29, 0.717) is 23.1 Å². The topological polar surface area (TPSA) is 104 Å². The molecular weight excluding hydrogens is 402 g/mol. The molecule has 3 heterocycles. The Morgan fingerprint density at radius 2 is 2.16 bits per heavy atom. The molecule has 0 saturated carbocycles. The maximum atomic E-state index is 13.3. The van der Waals surface area contributed by atoms with Crippen LogP contribution in [-0.2, 0) is 0 Å². The minimum Gasteiger partial charge on any atom is -0.383 e. The minimum absolute atomic E-state index is 0.155. The molecule has 1 saturated heterocycles. The monoisotopic (exact) mass is 435 g/mol. The number of pyridine rings is 2. The smallest absolute Gasteiger partial charge is 0.216 e. The minimum atomic E-state index is -1.19. The third-order valence-electron chi connectivity index (χ3n) is 5.35. The van der Waals surface area contributed by atoms with Crippen molar-refractivity contribution in [3.63, 3.8) is 0 Å². The summed E-state index contributed by atoms with van der Waals surface area (Å²) in [5.74, 6) is 6.92. The molecule has 2 aromatic rings. The summed E-state index contributed by atoms with van der Waals surface area (Å²) in [6.07, 6.45) is 3.80. The second-order valence-corrected chi connectivity index (χ2v) is 9.21. The zero-order chi connectivity index (χ0) is 23.3. The lowest BCUT2D eigenvalue weighted by Crippen LogP contribution is -2.51. The summed E-state index contributed by atoms with van der Waals surface area (Å²) < 4.78 is 0. The first-order valence-electron chi connectivity index (χ1n) is 11.1. The number of ketones is 1. The molecule has 0 bridgehead atoms. The van der Waals surface area contributed by atoms with Crippen molar-refractivity contribution in [2.45, 2.75) is 52.2 Å². The Labute approximate surface area is 190 Å². The number of anilines is 2. The van der Waals surface area contributed by atoms with Crippen molar-refractivity contribution in [1.29, 1.82) is 0 Å². The molecular formula is C25H33N5O2. The summed E-state index contributed by atoms with van der Waals surface area (Å²) in [6, 6.07) is 7.38. The fourth-order valence-corrected chi connectivity index (χ4v) is 3.62. The van der Waals surface area contributed by atoms with Gasteiger partial charge in [-0.25, -0.2) is 9.97 Å². The first kappa shape index (κ1) is 23.7. The molecule has 0 unspecified atom stereocenters. The van der Waals surface area contributed by atoms with Gasteiger partial charge in [0.1, 0.15) is 22.9 Å². The number of carbonyl (C=O) groups excluding carboxylic acids is 1. The standard InChI is InChI=1S/C25H33N5O2/c1-17(2)7-9-19-16-30(15-14-27-19)21-10-8-18(11-12-25(3,4)32)22(29-21)23(31)20-6-5-13-28-24(20)26/h5-6,8,10,13,17,19,27,32H,7,9,14-16H2,1-4H3,(H2,26,28)/t19-/m0/s1. The van der Waals surface area contributed by atoms with Gasteiger partial charge in [-0.05, 0) is 56.9 Å². The van der Waals surface area contributed by atoms with Crippen LogP contribution in [0.5, 0.6) is 0 Å². The zero-order valence-electron chi connectivity index (χ0n) is 19.4. The van der Waals surface area contributed by atoms with Crippen LogP contribution in [0.2, 0.25) is 0 Å². The SMILES string of the molecule is CC(C)CC[C@H]1CN(c2ccc(C#CC(C)(C)O)c(C(=O)c3cccnc3N)n2)CCN1. The van der Waals surface area contributed by atoms with Crippen LogP contribution < -0.4 is 16.0 Å². The van der Waals surface area contributed by atoms with Gasteiger partial charge in [-0.3, -0.25) is 4.79 Å². The van der Waals surface area contributed by atoms with E-state index in [1.165, 1.54) is 0 Å². The molecule has 1 aliphatic heterocycles. The van der Waals surface area contributed by atoms with Gasteiger partial charge in [-0.1, -0.05) is 25.7 Å². The van der Waals surface area contributed by atoms with E-state index >= 15 is 0 Å². The first-order valence-corrected chi connectivity index (χ1v) is 11.1. The maximum absolute atomic E-state index is 13.3. The van der Waals surface area contributed by atoms with E-state index in [0.717, 1.165) is 38.3 Å². The summed E-state index contributed by atoms with van der Waals surface area (Å²) in [7, 11) is 0. The first-order chi connectivity index (χ1) is 15.1. The Morgan fingerprint density at radius 1 is 1.38 bits per heavy atom. The van der Waals surface area contributed by atoms with Crippen LogP contribution in [0.3, 0.4) is 0 Å². The van der Waals surface area contributed by atoms with Crippen LogP contribution in [0.4, 0.5) is 11.6 Å². The Kier molecular flexibility index (Phi) is 7.49. The van der Waals surface area contributed by atoms with E-state index in [1.807, 2.05) is 6.07 Å². The van der Waals surface area contributed by atoms with Gasteiger partial charge in [0.15, 0.2) is 0 Å². The number of nitrogens with two attached hydrogens (primary N) is 1. The number of nitrogens with one attached hydrogen (secondary N) is 1. The predicted octanol–water partition coefficient (Wildman–Crippen LogP) is 2.63. The number of rotatable bonds is 6. The Balaban J connectivity index is 1.95. The summed E-state index contributed by atoms with van der Waals surface area (Å²) in [5.41, 5.74) is 5.73. The van der Waals surface area contributed by atoms with E-state index in [-0.39, 0.29) is 17.3 Å². The Hall–Kier alpha value is -2.95. The molecule has 7 heteroatoms. The van der Waals surface area contributed by atoms with Crippen molar-refractivity contribution >= 4 is 17.4 Å². The molecule has 7 nitrogen and oxygen atoms in total. The van der Waals surface area contributed by atoms with Crippen LogP contribution >= 0.6 is 0 Å². The molecule has 32 heavy (non-hydrogen) atoms. The molecule has 170 valence electrons. The Morgan fingerprint density at radius 3 is 2.84 bits per heavy atom. The van der Waals surface area contributed by atoms with Crippen LogP contribution in [0.15, 0.2) is 30.5 Å². The van der Waals surface area contributed by atoms with Gasteiger partial charge in [0.05, 0.1) is 11.1 Å². The van der Waals surface area contributed by atoms with Gasteiger partial charge in [0.25, 0.3) is 0 Å². The molecule has 1 aliphatic rings. The molecule has 0 spiro atoms. The van der Waals surface area contributed by atoms with E-state index in [2.05, 4.69) is 40.9 Å². The number of aliphatic hydroxyl groups is 1. The summed E-state index contributed by atoms with van der Waals surface area (Å²) >= 11 is 0. The van der Waals surface area contributed by atoms with E-state index in [9.17, 15) is 9.90 Å². The molecule has 0 radical (unpaired) electrons. The van der Waals surface area contributed by atoms with Crippen molar-refractivity contribution in [3.05, 3.63) is 47.3 Å². The number of nitrogen functional groups attached to an aromatic ring is 1. The fraction of sp³-hybridized carbons (Fsp3) is 0.480. The molecule has 1 fully saturated rings. The molecule has 0 aliphatic carbocycles. The third kappa shape index (κ3) is 6.28. The summed E-state index contributed by atoms with van der Waals surface area (Å²) in [4.78, 5) is 24.3. The van der Waals surface area contributed by atoms with Crippen molar-refractivity contribution < 1.29 is 9.90 Å². The normalized spacial score (nSPS) is 16.6. The van der Waals surface area contributed by atoms with Gasteiger partial charge < -0.3 is 21.1 Å². The summed E-state index contributed by atoms with van der Waals surface area (Å²) in [5, 5.41) is 13.6. The van der Waals surface area contributed by atoms with Gasteiger partial charge in [-0.2, -0.15) is 0 Å². The lowest BCUT2D eigenvalue weighted by Gasteiger charge is -2.35. The number of nitrogens with zero attached hydrogens (tertiary/aromatic N) is 3. The molecule has 3 rings (SSSR count). The van der Waals surface area contributed by atoms with E-state index < -0.39 is 5.60 Å². The van der Waals surface area contributed by atoms with Crippen molar-refractivity contribution in [2.75, 3.05) is 30.3 Å². The highest BCUT2D eigenvalue weighted by atomic mass is 16.3. The van der Waals surface area contributed by atoms with Crippen LogP contribution in [-0.4, -0.2) is 52.1 Å². The van der Waals surface area contributed by atoms with Gasteiger partial charge in [0.2, 0.25) is 5.78 Å². The van der Waals surface area contributed by atoms with Gasteiger partial charge in [-0.15, -0.1) is 0 Å². The molecule has 1 atom stereocenters. The fourth-order valence-electron chi connectivity index (χ4n) is 3.62. The maximum Gasteiger partial charge on any atom is 0.216 e. The van der Waals surface area contributed by atoms with Gasteiger partial charge >= 0.3 is 0 Å². The van der Waals surface area contributed by atoms with Crippen molar-refractivity contribution in [3.8, 4) is 11.8 Å². The van der Waals surface area contributed by atoms with Crippen molar-refractivity contribution in [1.82, 2.24) is 15.3 Å². The molecule has 2 aromatic heterocycles. The Bertz CT molecular complexity index is 1020. The quantitative estimate of drug-likeness (QED) is 0.473.